The minimum absolute atomic E-state index is 0.148. The lowest BCUT2D eigenvalue weighted by molar-refractivity contribution is -0.125. The summed E-state index contributed by atoms with van der Waals surface area (Å²) in [6.45, 7) is -2.43. The first-order chi connectivity index (χ1) is 43.0. The highest BCUT2D eigenvalue weighted by molar-refractivity contribution is 7.55. The number of rotatable bonds is 18. The molecule has 9 amide bonds. The summed E-state index contributed by atoms with van der Waals surface area (Å²) < 4.78 is 19.2. The monoisotopic (exact) mass is 1260 g/mol. The van der Waals surface area contributed by atoms with E-state index in [4.69, 9.17) is 48.4 Å². The van der Waals surface area contributed by atoms with Gasteiger partial charge in [0.25, 0.3) is 17.7 Å². The molecule has 22 nitrogen and oxygen atoms in total. The van der Waals surface area contributed by atoms with Crippen LogP contribution >= 0.6 is 43.0 Å². The number of carbonyl (C=O) groups excluding carboxylic acids is 6. The van der Waals surface area contributed by atoms with Crippen LogP contribution < -0.4 is 16.0 Å². The van der Waals surface area contributed by atoms with E-state index < -0.39 is 81.9 Å². The molecule has 0 aliphatic carbocycles. The normalized spacial score (nSPS) is 17.4. The molecule has 3 atom stereocenters. The van der Waals surface area contributed by atoms with Crippen molar-refractivity contribution in [2.45, 2.75) is 18.1 Å². The van der Waals surface area contributed by atoms with Crippen molar-refractivity contribution < 1.29 is 47.2 Å². The zero-order valence-electron chi connectivity index (χ0n) is 45.8. The molecule has 0 spiro atoms. The number of amides is 9. The van der Waals surface area contributed by atoms with Gasteiger partial charge in [0, 0.05) is 83.1 Å². The molecule has 0 saturated carbocycles. The van der Waals surface area contributed by atoms with Crippen molar-refractivity contribution in [1.82, 2.24) is 45.6 Å². The number of aromatic nitrogens is 3. The van der Waals surface area contributed by atoms with Crippen LogP contribution in [-0.2, 0) is 28.0 Å². The van der Waals surface area contributed by atoms with E-state index in [9.17, 15) is 49.4 Å². The standard InChI is InChI=1S/C63H42Cl3N12O10P/c64-43-13-16-46-40(28-70-49(46)22-43)19-52-58(79)76(61(82)73-52)55(37-7-1-34(25-67)2-8-37)31-86-89(85,87-32-56(38-9-3-35(26-68)4-10-38)77-59(80)53(74-62(77)83)20-41-29-71-50-23-44(65)14-17-47(41)50)88-33-57(39-11-5-36(27-69)6-12-39)78-60(81)54(75-63(78)84)21-42-30-72-51-24-45(66)15-18-48(42)51/h1-24,28-30,55-57,85H,31-33H2,(H5-,70,71,72,73,74,75,79,80,81,82,83,84)/p+1. The number of nitriles is 3. The quantitative estimate of drug-likeness (QED) is 0.0239. The van der Waals surface area contributed by atoms with Crippen LogP contribution in [0.3, 0.4) is 0 Å². The Morgan fingerprint density at radius 2 is 0.708 bits per heavy atom. The first kappa shape index (κ1) is 58.9. The second-order valence-electron chi connectivity index (χ2n) is 20.4. The molecule has 3 aromatic heterocycles. The Morgan fingerprint density at radius 3 is 0.966 bits per heavy atom. The highest BCUT2D eigenvalue weighted by atomic mass is 35.5. The SMILES string of the molecule is N#Cc1ccc(C(CO[P+](O)(OCC(c2ccc(C#N)cc2)N2C(=O)N/C(=C\c3c[nH]c4cc(Cl)ccc34)C2=O)OCC(c2ccc(C#N)cc2)N2C(=O)N/C(=C\c3c[nH]c4cc(Cl)ccc34)C2=O)N2C(=O)N/C(=C\c3c[nH]c4cc(Cl)ccc34)C2=O)cc1. The number of fused-ring (bicyclic) bond motifs is 3. The van der Waals surface area contributed by atoms with Crippen LogP contribution in [0.5, 0.6) is 0 Å². The van der Waals surface area contributed by atoms with E-state index in [1.807, 2.05) is 18.2 Å². The van der Waals surface area contributed by atoms with Gasteiger partial charge in [0.05, 0.1) is 53.0 Å². The average molecular weight is 1270 g/mol. The number of nitrogens with one attached hydrogen (secondary N) is 6. The molecule has 6 aromatic carbocycles. The molecule has 0 radical (unpaired) electrons. The third kappa shape index (κ3) is 11.8. The number of hydrogen-bond acceptors (Lipinski definition) is 13. The number of hydrogen-bond donors (Lipinski definition) is 7. The van der Waals surface area contributed by atoms with E-state index >= 15 is 0 Å². The lowest BCUT2D eigenvalue weighted by atomic mass is 10.0. The van der Waals surface area contributed by atoms with Gasteiger partial charge in [0.1, 0.15) is 36.9 Å². The summed E-state index contributed by atoms with van der Waals surface area (Å²) >= 11 is 18.7. The number of halogens is 3. The number of urea groups is 3. The fourth-order valence-corrected chi connectivity index (χ4v) is 12.3. The van der Waals surface area contributed by atoms with Crippen molar-refractivity contribution in [3.63, 3.8) is 0 Å². The van der Waals surface area contributed by atoms with E-state index in [1.54, 1.807) is 73.2 Å². The van der Waals surface area contributed by atoms with E-state index in [0.29, 0.717) is 64.5 Å². The Morgan fingerprint density at radius 1 is 0.438 bits per heavy atom. The molecule has 6 heterocycles. The van der Waals surface area contributed by atoms with Gasteiger partial charge in [-0.25, -0.2) is 29.1 Å². The van der Waals surface area contributed by atoms with E-state index in [1.165, 1.54) is 91.0 Å². The molecule has 89 heavy (non-hydrogen) atoms. The van der Waals surface area contributed by atoms with Gasteiger partial charge in [0.2, 0.25) is 0 Å². The maximum Gasteiger partial charge on any atom is 0.572 e. The summed E-state index contributed by atoms with van der Waals surface area (Å²) in [7, 11) is -5.11. The van der Waals surface area contributed by atoms with Gasteiger partial charge < -0.3 is 30.9 Å². The van der Waals surface area contributed by atoms with Crippen molar-refractivity contribution in [2.24, 2.45) is 0 Å². The predicted molar refractivity (Wildman–Crippen MR) is 329 cm³/mol. The highest BCUT2D eigenvalue weighted by Gasteiger charge is 2.52. The molecule has 3 saturated heterocycles. The molecule has 9 aromatic rings. The third-order valence-corrected chi connectivity index (χ3v) is 17.2. The Balaban J connectivity index is 0.919. The lowest BCUT2D eigenvalue weighted by Gasteiger charge is -2.29. The maximum absolute atomic E-state index is 14.7. The smallest absolute Gasteiger partial charge is 0.361 e. The largest absolute Gasteiger partial charge is 0.572 e. The number of H-pyrrole nitrogens is 3. The van der Waals surface area contributed by atoms with Crippen LogP contribution in [-0.4, -0.2) is 90.2 Å². The lowest BCUT2D eigenvalue weighted by Crippen LogP contribution is -2.39. The van der Waals surface area contributed by atoms with Gasteiger partial charge in [-0.1, -0.05) is 89.4 Å². The Kier molecular flexibility index (Phi) is 16.2. The summed E-state index contributed by atoms with van der Waals surface area (Å²) in [6, 6.07) is 31.8. The third-order valence-electron chi connectivity index (χ3n) is 15.1. The van der Waals surface area contributed by atoms with Crippen LogP contribution in [0.2, 0.25) is 15.1 Å². The van der Waals surface area contributed by atoms with Crippen LogP contribution in [0.15, 0.2) is 163 Å². The van der Waals surface area contributed by atoms with Crippen molar-refractivity contribution in [3.05, 3.63) is 228 Å². The first-order valence-corrected chi connectivity index (χ1v) is 29.6. The predicted octanol–water partition coefficient (Wildman–Crippen LogP) is 11.7. The molecule has 0 bridgehead atoms. The zero-order chi connectivity index (χ0) is 62.3. The summed E-state index contributed by atoms with van der Waals surface area (Å²) in [5, 5.41) is 40.6. The second kappa shape index (κ2) is 24.4. The van der Waals surface area contributed by atoms with Crippen molar-refractivity contribution in [2.75, 3.05) is 19.8 Å². The molecule has 12 rings (SSSR count). The number of benzene rings is 6. The minimum atomic E-state index is -5.11. The molecule has 3 unspecified atom stereocenters. The molecule has 26 heteroatoms. The highest BCUT2D eigenvalue weighted by Crippen LogP contribution is 2.60. The maximum atomic E-state index is 14.7. The van der Waals surface area contributed by atoms with Gasteiger partial charge >= 0.3 is 26.3 Å². The van der Waals surface area contributed by atoms with Gasteiger partial charge in [-0.2, -0.15) is 34.3 Å². The minimum Gasteiger partial charge on any atom is -0.361 e. The average Bonchev–Trinajstić information content (AvgIpc) is 1.82. The topological polar surface area (TPSA) is 315 Å². The molecule has 440 valence electrons. The van der Waals surface area contributed by atoms with E-state index in [-0.39, 0.29) is 50.5 Å². The first-order valence-electron chi connectivity index (χ1n) is 26.9. The van der Waals surface area contributed by atoms with Crippen LogP contribution in [0.25, 0.3) is 50.9 Å². The Labute approximate surface area is 520 Å². The summed E-state index contributed by atoms with van der Waals surface area (Å²) in [4.78, 5) is 112. The molecule has 7 N–H and O–H groups in total. The number of aromatic amines is 3. The molecular formula is C63H43Cl3N12O10P+. The fourth-order valence-electron chi connectivity index (χ4n) is 10.6. The van der Waals surface area contributed by atoms with Crippen LogP contribution in [0.1, 0.15) is 68.2 Å². The van der Waals surface area contributed by atoms with Crippen LogP contribution in [0.4, 0.5) is 14.4 Å². The summed E-state index contributed by atoms with van der Waals surface area (Å²) in [5.41, 5.74) is 4.42. The fraction of sp³-hybridized carbons (Fsp3) is 0.0952. The van der Waals surface area contributed by atoms with Gasteiger partial charge in [-0.15, -0.1) is 0 Å². The van der Waals surface area contributed by atoms with E-state index in [2.05, 4.69) is 30.9 Å². The molecular weight excluding hydrogens is 1220 g/mol. The van der Waals surface area contributed by atoms with Crippen LogP contribution in [0, 0.1) is 34.0 Å². The van der Waals surface area contributed by atoms with Crippen molar-refractivity contribution in [1.29, 1.82) is 15.8 Å². The van der Waals surface area contributed by atoms with Crippen molar-refractivity contribution >= 4 is 130 Å². The second-order valence-corrected chi connectivity index (χ2v) is 23.4. The number of nitrogens with zero attached hydrogens (tertiary/aromatic N) is 6. The van der Waals surface area contributed by atoms with E-state index in [0.717, 1.165) is 14.7 Å². The summed E-state index contributed by atoms with van der Waals surface area (Å²) in [6.07, 6.45) is 9.27. The Bertz CT molecular complexity index is 4190. The summed E-state index contributed by atoms with van der Waals surface area (Å²) in [5.74, 6) is -2.50. The number of carbonyl (C=O) groups is 6. The van der Waals surface area contributed by atoms with Gasteiger partial charge in [-0.3, -0.25) is 14.4 Å². The molecule has 3 fully saturated rings. The van der Waals surface area contributed by atoms with Gasteiger partial charge in [0.15, 0.2) is 0 Å². The van der Waals surface area contributed by atoms with Gasteiger partial charge in [-0.05, 0) is 108 Å². The van der Waals surface area contributed by atoms with Crippen molar-refractivity contribution in [3.8, 4) is 18.2 Å². The molecule has 3 aliphatic rings. The number of imide groups is 3. The zero-order valence-corrected chi connectivity index (χ0v) is 49.0. The molecule has 3 aliphatic heterocycles. The Hall–Kier alpha value is -10.4.